The van der Waals surface area contributed by atoms with Crippen LogP contribution >= 0.6 is 0 Å². The highest BCUT2D eigenvalue weighted by Crippen LogP contribution is 2.33. The molecular weight excluding hydrogens is 232 g/mol. The summed E-state index contributed by atoms with van der Waals surface area (Å²) in [5.74, 6) is -0.417. The van der Waals surface area contributed by atoms with Gasteiger partial charge in [-0.25, -0.2) is 9.97 Å². The van der Waals surface area contributed by atoms with Gasteiger partial charge in [0.25, 0.3) is 0 Å². The lowest BCUT2D eigenvalue weighted by Crippen LogP contribution is -2.14. The van der Waals surface area contributed by atoms with Crippen molar-refractivity contribution in [1.29, 1.82) is 0 Å². The predicted molar refractivity (Wildman–Crippen MR) is 66.2 cm³/mol. The van der Waals surface area contributed by atoms with Gasteiger partial charge in [-0.15, -0.1) is 0 Å². The molecule has 2 aromatic heterocycles. The normalized spacial score (nSPS) is 14.7. The lowest BCUT2D eigenvalue weighted by Gasteiger charge is -2.14. The Labute approximate surface area is 103 Å². The molecule has 0 saturated heterocycles. The first kappa shape index (κ1) is 11.0. The Morgan fingerprint density at radius 2 is 2.17 bits per heavy atom. The molecule has 6 nitrogen and oxygen atoms in total. The molecule has 0 fully saturated rings. The molecule has 0 atom stereocenters. The zero-order chi connectivity index (χ0) is 12.7. The van der Waals surface area contributed by atoms with E-state index in [4.69, 9.17) is 10.8 Å². The molecule has 2 heterocycles. The fourth-order valence-corrected chi connectivity index (χ4v) is 2.77. The van der Waals surface area contributed by atoms with Gasteiger partial charge in [-0.2, -0.15) is 0 Å². The average molecular weight is 246 g/mol. The molecule has 0 unspecified atom stereocenters. The molecule has 0 bridgehead atoms. The second-order valence-electron chi connectivity index (χ2n) is 4.57. The number of anilines is 1. The van der Waals surface area contributed by atoms with Gasteiger partial charge in [0.2, 0.25) is 0 Å². The summed E-state index contributed by atoms with van der Waals surface area (Å²) in [5.41, 5.74) is 8.76. The van der Waals surface area contributed by atoms with E-state index in [1.54, 1.807) is 4.57 Å². The lowest BCUT2D eigenvalue weighted by atomic mass is 9.96. The fraction of sp³-hybridized carbons (Fsp3) is 0.417. The van der Waals surface area contributed by atoms with Crippen LogP contribution in [0.2, 0.25) is 0 Å². The van der Waals surface area contributed by atoms with Crippen molar-refractivity contribution < 1.29 is 9.90 Å². The van der Waals surface area contributed by atoms with Crippen LogP contribution < -0.4 is 5.73 Å². The van der Waals surface area contributed by atoms with Gasteiger partial charge >= 0.3 is 5.97 Å². The van der Waals surface area contributed by atoms with E-state index in [1.165, 1.54) is 6.33 Å². The number of nitrogen functional groups attached to an aromatic ring is 1. The van der Waals surface area contributed by atoms with E-state index < -0.39 is 5.97 Å². The second-order valence-corrected chi connectivity index (χ2v) is 4.57. The molecule has 18 heavy (non-hydrogen) atoms. The Balaban J connectivity index is 2.32. The van der Waals surface area contributed by atoms with Crippen LogP contribution in [0, 0.1) is 0 Å². The summed E-state index contributed by atoms with van der Waals surface area (Å²) in [6, 6.07) is 0. The summed E-state index contributed by atoms with van der Waals surface area (Å²) < 4.78 is 1.77. The van der Waals surface area contributed by atoms with Crippen molar-refractivity contribution >= 4 is 22.8 Å². The van der Waals surface area contributed by atoms with Crippen molar-refractivity contribution in [3.05, 3.63) is 17.6 Å². The maximum absolute atomic E-state index is 11.0. The van der Waals surface area contributed by atoms with E-state index in [-0.39, 0.29) is 6.54 Å². The first-order chi connectivity index (χ1) is 8.68. The summed E-state index contributed by atoms with van der Waals surface area (Å²) >= 11 is 0. The highest BCUT2D eigenvalue weighted by atomic mass is 16.4. The molecule has 0 aliphatic heterocycles. The largest absolute Gasteiger partial charge is 0.480 e. The minimum Gasteiger partial charge on any atom is -0.480 e. The summed E-state index contributed by atoms with van der Waals surface area (Å²) in [6.45, 7) is -0.0672. The number of rotatable bonds is 2. The molecule has 2 aromatic rings. The zero-order valence-electron chi connectivity index (χ0n) is 9.89. The Morgan fingerprint density at radius 1 is 1.39 bits per heavy atom. The van der Waals surface area contributed by atoms with Crippen molar-refractivity contribution in [3.63, 3.8) is 0 Å². The number of carboxylic acids is 1. The quantitative estimate of drug-likeness (QED) is 0.823. The van der Waals surface area contributed by atoms with Gasteiger partial charge in [0, 0.05) is 5.69 Å². The summed E-state index contributed by atoms with van der Waals surface area (Å²) in [5, 5.41) is 9.86. The van der Waals surface area contributed by atoms with Crippen molar-refractivity contribution in [1.82, 2.24) is 14.5 Å². The molecule has 0 saturated carbocycles. The summed E-state index contributed by atoms with van der Waals surface area (Å²) in [6.07, 6.45) is 5.39. The zero-order valence-corrected chi connectivity index (χ0v) is 9.89. The number of nitrogens with two attached hydrogens (primary N) is 1. The Morgan fingerprint density at radius 3 is 2.94 bits per heavy atom. The molecule has 3 rings (SSSR count). The third kappa shape index (κ3) is 1.53. The van der Waals surface area contributed by atoms with Crippen LogP contribution in [0.15, 0.2) is 6.33 Å². The summed E-state index contributed by atoms with van der Waals surface area (Å²) in [4.78, 5) is 19.2. The Kier molecular flexibility index (Phi) is 2.43. The highest BCUT2D eigenvalue weighted by molar-refractivity contribution is 5.92. The highest BCUT2D eigenvalue weighted by Gasteiger charge is 2.23. The van der Waals surface area contributed by atoms with E-state index in [2.05, 4.69) is 9.97 Å². The van der Waals surface area contributed by atoms with Crippen LogP contribution in [-0.2, 0) is 24.2 Å². The van der Waals surface area contributed by atoms with Gasteiger partial charge in [0.05, 0.1) is 5.39 Å². The number of aromatic nitrogens is 3. The van der Waals surface area contributed by atoms with Crippen LogP contribution in [0.25, 0.3) is 11.0 Å². The number of aryl methyl sites for hydroxylation is 1. The smallest absolute Gasteiger partial charge is 0.323 e. The number of hydrogen-bond acceptors (Lipinski definition) is 4. The van der Waals surface area contributed by atoms with Gasteiger partial charge in [-0.05, 0) is 31.2 Å². The van der Waals surface area contributed by atoms with Gasteiger partial charge < -0.3 is 15.4 Å². The van der Waals surface area contributed by atoms with E-state index in [9.17, 15) is 4.79 Å². The van der Waals surface area contributed by atoms with E-state index >= 15 is 0 Å². The molecule has 0 radical (unpaired) electrons. The predicted octanol–water partition coefficient (Wildman–Crippen LogP) is 0.977. The van der Waals surface area contributed by atoms with Gasteiger partial charge in [-0.1, -0.05) is 0 Å². The number of hydrogen-bond donors (Lipinski definition) is 2. The van der Waals surface area contributed by atoms with Gasteiger partial charge in [0.1, 0.15) is 24.3 Å². The standard InChI is InChI=1S/C12H14N4O2/c13-11-10-7-3-1-2-4-8(7)16(5-9(17)18)12(10)15-6-14-11/h6H,1-5H2,(H,17,18)(H2,13,14,15). The van der Waals surface area contributed by atoms with Crippen LogP contribution in [-0.4, -0.2) is 25.6 Å². The Bertz CT molecular complexity index is 633. The van der Waals surface area contributed by atoms with Crippen LogP contribution in [0.3, 0.4) is 0 Å². The minimum absolute atomic E-state index is 0.0672. The summed E-state index contributed by atoms with van der Waals surface area (Å²) in [7, 11) is 0. The molecule has 94 valence electrons. The molecule has 0 amide bonds. The van der Waals surface area contributed by atoms with Crippen molar-refractivity contribution in [3.8, 4) is 0 Å². The minimum atomic E-state index is -0.863. The van der Waals surface area contributed by atoms with Crippen molar-refractivity contribution in [2.75, 3.05) is 5.73 Å². The number of nitrogens with zero attached hydrogens (tertiary/aromatic N) is 3. The van der Waals surface area contributed by atoms with Crippen LogP contribution in [0.1, 0.15) is 24.1 Å². The number of aliphatic carboxylic acids is 1. The monoisotopic (exact) mass is 246 g/mol. The molecule has 6 heteroatoms. The first-order valence-corrected chi connectivity index (χ1v) is 6.00. The molecule has 1 aliphatic rings. The lowest BCUT2D eigenvalue weighted by molar-refractivity contribution is -0.137. The third-order valence-corrected chi connectivity index (χ3v) is 3.47. The maximum Gasteiger partial charge on any atom is 0.323 e. The van der Waals surface area contributed by atoms with Crippen molar-refractivity contribution in [2.45, 2.75) is 32.2 Å². The molecule has 0 aromatic carbocycles. The van der Waals surface area contributed by atoms with Crippen molar-refractivity contribution in [2.24, 2.45) is 0 Å². The number of carbonyl (C=O) groups is 1. The SMILES string of the molecule is Nc1ncnc2c1c1c(n2CC(=O)O)CCCC1. The molecule has 1 aliphatic carbocycles. The van der Waals surface area contributed by atoms with E-state index in [0.717, 1.165) is 42.3 Å². The van der Waals surface area contributed by atoms with Gasteiger partial charge in [-0.3, -0.25) is 4.79 Å². The topological polar surface area (TPSA) is 94.0 Å². The van der Waals surface area contributed by atoms with Crippen LogP contribution in [0.5, 0.6) is 0 Å². The third-order valence-electron chi connectivity index (χ3n) is 3.47. The number of fused-ring (bicyclic) bond motifs is 3. The first-order valence-electron chi connectivity index (χ1n) is 6.00. The second kappa shape index (κ2) is 3.97. The van der Waals surface area contributed by atoms with E-state index in [1.807, 2.05) is 0 Å². The molecular formula is C12H14N4O2. The number of carboxylic acid groups (broad SMARTS) is 1. The average Bonchev–Trinajstić information content (AvgIpc) is 2.65. The Hall–Kier alpha value is -2.11. The molecule has 0 spiro atoms. The van der Waals surface area contributed by atoms with E-state index in [0.29, 0.717) is 11.5 Å². The fourth-order valence-electron chi connectivity index (χ4n) is 2.77. The molecule has 3 N–H and O–H groups in total. The maximum atomic E-state index is 11.0. The van der Waals surface area contributed by atoms with Gasteiger partial charge in [0.15, 0.2) is 0 Å². The van der Waals surface area contributed by atoms with Crippen LogP contribution in [0.4, 0.5) is 5.82 Å².